The Kier molecular flexibility index (Phi) is 16.3. The topological polar surface area (TPSA) is 99.1 Å². The highest BCUT2D eigenvalue weighted by Gasteiger charge is 2.34. The van der Waals surface area contributed by atoms with Gasteiger partial charge in [0.2, 0.25) is 5.91 Å². The van der Waals surface area contributed by atoms with Gasteiger partial charge < -0.3 is 23.9 Å². The van der Waals surface area contributed by atoms with Crippen LogP contribution in [0.2, 0.25) is 0 Å². The van der Waals surface area contributed by atoms with Crippen LogP contribution in [0.25, 0.3) is 0 Å². The van der Waals surface area contributed by atoms with Crippen molar-refractivity contribution in [3.63, 3.8) is 0 Å². The number of carbonyl (C=O) groups excluding carboxylic acids is 1. The van der Waals surface area contributed by atoms with Crippen LogP contribution in [-0.4, -0.2) is 48.3 Å². The number of unbranched alkanes of at least 4 members (excludes halogenated alkanes) is 3. The lowest BCUT2D eigenvalue weighted by Gasteiger charge is -2.27. The average Bonchev–Trinajstić information content (AvgIpc) is 2.82. The number of β-amino-alcohol motifs (C(OH)–C–C–N with tert-alkyl or cyclic N) is 1. The van der Waals surface area contributed by atoms with Crippen molar-refractivity contribution in [1.29, 1.82) is 0 Å². The summed E-state index contributed by atoms with van der Waals surface area (Å²) in [6.45, 7) is 2.16. The highest BCUT2D eigenvalue weighted by Crippen LogP contribution is 2.38. The van der Waals surface area contributed by atoms with E-state index in [0.717, 1.165) is 32.8 Å². The highest BCUT2D eigenvalue weighted by atomic mass is 31.2. The van der Waals surface area contributed by atoms with Gasteiger partial charge in [-0.2, -0.15) is 0 Å². The molecular formula is C16H37NO6P-. The molecule has 0 aromatic carbocycles. The summed E-state index contributed by atoms with van der Waals surface area (Å²) in [6, 6.07) is -0.420. The normalized spacial score (nSPS) is 21.9. The van der Waals surface area contributed by atoms with Crippen LogP contribution in [0.5, 0.6) is 0 Å². The summed E-state index contributed by atoms with van der Waals surface area (Å²) in [4.78, 5) is 24.8. The molecule has 8 heteroatoms. The van der Waals surface area contributed by atoms with Crippen molar-refractivity contribution in [3.05, 3.63) is 0 Å². The zero-order chi connectivity index (χ0) is 15.9. The van der Waals surface area contributed by atoms with Gasteiger partial charge in [0, 0.05) is 20.1 Å². The third kappa shape index (κ3) is 9.74. The Balaban J connectivity index is -0.00000147. The predicted molar refractivity (Wildman–Crippen MR) is 95.6 cm³/mol. The molecule has 1 saturated heterocycles. The van der Waals surface area contributed by atoms with Gasteiger partial charge in [0.1, 0.15) is 0 Å². The Labute approximate surface area is 148 Å². The number of nitrogens with zero attached hydrogens (tertiary/aromatic N) is 1. The molecule has 0 saturated carbocycles. The van der Waals surface area contributed by atoms with Crippen molar-refractivity contribution >= 4 is 13.7 Å². The minimum atomic E-state index is -4.30. The van der Waals surface area contributed by atoms with Crippen molar-refractivity contribution in [2.45, 2.75) is 79.9 Å². The first-order chi connectivity index (χ1) is 9.89. The maximum absolute atomic E-state index is 12.1. The first kappa shape index (κ1) is 28.3. The Hall–Kier alpha value is -0.460. The fraction of sp³-hybridized carbons (Fsp3) is 0.938. The number of hydrogen-bond donors (Lipinski definition) is 1. The van der Waals surface area contributed by atoms with Crippen LogP contribution in [0.4, 0.5) is 0 Å². The second kappa shape index (κ2) is 13.8. The zero-order valence-corrected chi connectivity index (χ0v) is 13.6. The third-order valence-corrected chi connectivity index (χ3v) is 4.52. The van der Waals surface area contributed by atoms with Crippen molar-refractivity contribution in [2.75, 3.05) is 20.3 Å². The molecule has 0 bridgehead atoms. The lowest BCUT2D eigenvalue weighted by molar-refractivity contribution is -0.224. The molecule has 7 nitrogen and oxygen atoms in total. The summed E-state index contributed by atoms with van der Waals surface area (Å²) in [5, 5.41) is 9.69. The Morgan fingerprint density at radius 3 is 2.46 bits per heavy atom. The summed E-state index contributed by atoms with van der Waals surface area (Å²) in [5.41, 5.74) is 0. The highest BCUT2D eigenvalue weighted by molar-refractivity contribution is 7.45. The van der Waals surface area contributed by atoms with E-state index in [1.807, 2.05) is 0 Å². The first-order valence-electron chi connectivity index (χ1n) is 7.38. The van der Waals surface area contributed by atoms with Gasteiger partial charge in [0.25, 0.3) is 7.82 Å². The van der Waals surface area contributed by atoms with E-state index >= 15 is 0 Å². The van der Waals surface area contributed by atoms with Gasteiger partial charge in [-0.3, -0.25) is 9.36 Å². The van der Waals surface area contributed by atoms with Gasteiger partial charge >= 0.3 is 0 Å². The third-order valence-electron chi connectivity index (χ3n) is 3.61. The molecule has 0 aromatic heterocycles. The van der Waals surface area contributed by atoms with Crippen molar-refractivity contribution in [3.8, 4) is 0 Å². The number of phosphoric acid groups is 1. The summed E-state index contributed by atoms with van der Waals surface area (Å²) in [7, 11) is -3.28. The fourth-order valence-corrected chi connectivity index (χ4v) is 2.89. The second-order valence-electron chi connectivity index (χ2n) is 5.33. The fourth-order valence-electron chi connectivity index (χ4n) is 2.43. The molecule has 1 heterocycles. The lowest BCUT2D eigenvalue weighted by atomic mass is 10.1. The van der Waals surface area contributed by atoms with Gasteiger partial charge in [0.15, 0.2) is 0 Å². The molecule has 1 amide bonds. The minimum Gasteiger partial charge on any atom is -0.756 e. The minimum absolute atomic E-state index is 0. The van der Waals surface area contributed by atoms with E-state index in [1.54, 1.807) is 0 Å². The first-order valence-corrected chi connectivity index (χ1v) is 8.84. The van der Waals surface area contributed by atoms with Crippen LogP contribution in [-0.2, 0) is 18.4 Å². The summed E-state index contributed by atoms with van der Waals surface area (Å²) in [5.74, 6) is -0.0607. The summed E-state index contributed by atoms with van der Waals surface area (Å²) >= 11 is 0. The SMILES string of the molecule is C.C.C.CCCCCCC(=O)N1C[C@H](O)C[C@H]1COP(=O)([O-])OC. The van der Waals surface area contributed by atoms with Gasteiger partial charge in [-0.05, 0) is 12.8 Å². The number of hydrogen-bond acceptors (Lipinski definition) is 6. The monoisotopic (exact) mass is 370 g/mol. The lowest BCUT2D eigenvalue weighted by Crippen LogP contribution is -2.38. The van der Waals surface area contributed by atoms with E-state index in [0.29, 0.717) is 12.8 Å². The number of amides is 1. The summed E-state index contributed by atoms with van der Waals surface area (Å²) in [6.07, 6.45) is 4.11. The number of aliphatic hydroxyl groups excluding tert-OH is 1. The smallest absolute Gasteiger partial charge is 0.267 e. The molecule has 0 spiro atoms. The van der Waals surface area contributed by atoms with Gasteiger partial charge in [-0.1, -0.05) is 48.5 Å². The van der Waals surface area contributed by atoms with E-state index in [1.165, 1.54) is 4.90 Å². The van der Waals surface area contributed by atoms with Crippen LogP contribution >= 0.6 is 7.82 Å². The van der Waals surface area contributed by atoms with Gasteiger partial charge in [0.05, 0.1) is 18.8 Å². The quantitative estimate of drug-likeness (QED) is 0.495. The van der Waals surface area contributed by atoms with Crippen LogP contribution < -0.4 is 4.89 Å². The average molecular weight is 370 g/mol. The van der Waals surface area contributed by atoms with E-state index in [-0.39, 0.29) is 41.3 Å². The Morgan fingerprint density at radius 1 is 1.29 bits per heavy atom. The number of aliphatic hydroxyl groups is 1. The summed E-state index contributed by atoms with van der Waals surface area (Å²) < 4.78 is 20.1. The Morgan fingerprint density at radius 2 is 1.92 bits per heavy atom. The predicted octanol–water partition coefficient (Wildman–Crippen LogP) is 2.96. The molecule has 1 aliphatic heterocycles. The molecule has 3 atom stereocenters. The molecule has 0 aliphatic carbocycles. The molecule has 1 N–H and O–H groups in total. The Bertz CT molecular complexity index is 380. The van der Waals surface area contributed by atoms with Crippen molar-refractivity contribution in [2.24, 2.45) is 0 Å². The number of phosphoric ester groups is 1. The molecule has 0 radical (unpaired) electrons. The van der Waals surface area contributed by atoms with Gasteiger partial charge in [-0.15, -0.1) is 0 Å². The molecule has 0 aromatic rings. The number of rotatable bonds is 9. The number of carbonyl (C=O) groups is 1. The van der Waals surface area contributed by atoms with E-state index in [4.69, 9.17) is 4.52 Å². The van der Waals surface area contributed by atoms with Crippen molar-refractivity contribution < 1.29 is 28.4 Å². The second-order valence-corrected chi connectivity index (χ2v) is 6.84. The van der Waals surface area contributed by atoms with E-state index in [2.05, 4.69) is 11.4 Å². The molecule has 1 aliphatic rings. The maximum atomic E-state index is 12.1. The van der Waals surface area contributed by atoms with Crippen LogP contribution in [0.15, 0.2) is 0 Å². The molecule has 24 heavy (non-hydrogen) atoms. The molecule has 148 valence electrons. The van der Waals surface area contributed by atoms with Crippen LogP contribution in [0.3, 0.4) is 0 Å². The number of likely N-dealkylation sites (tertiary alicyclic amines) is 1. The zero-order valence-electron chi connectivity index (χ0n) is 12.7. The molecule has 1 rings (SSSR count). The van der Waals surface area contributed by atoms with Crippen molar-refractivity contribution in [1.82, 2.24) is 4.90 Å². The molecule has 1 fully saturated rings. The standard InChI is InChI=1S/C13H26NO6P.3CH4/c1-3-4-5-6-7-13(16)14-9-12(15)8-11(14)10-20-21(17,18)19-2;;;/h11-12,15H,3-10H2,1-2H3,(H,17,18);3*1H4/p-1/t11-,12+;;;/m0.../s1. The van der Waals surface area contributed by atoms with Crippen LogP contribution in [0, 0.1) is 0 Å². The van der Waals surface area contributed by atoms with E-state index < -0.39 is 20.0 Å². The maximum Gasteiger partial charge on any atom is 0.267 e. The molecular weight excluding hydrogens is 333 g/mol. The largest absolute Gasteiger partial charge is 0.756 e. The van der Waals surface area contributed by atoms with E-state index in [9.17, 15) is 19.4 Å². The van der Waals surface area contributed by atoms with Gasteiger partial charge in [-0.25, -0.2) is 0 Å². The van der Waals surface area contributed by atoms with Crippen LogP contribution in [0.1, 0.15) is 67.7 Å². The molecule has 1 unspecified atom stereocenters.